The van der Waals surface area contributed by atoms with Gasteiger partial charge in [-0.15, -0.1) is 0 Å². The van der Waals surface area contributed by atoms with Gasteiger partial charge in [-0.1, -0.05) is 61.9 Å². The van der Waals surface area contributed by atoms with Crippen LogP contribution in [0.5, 0.6) is 0 Å². The maximum Gasteiger partial charge on any atom is 0.673 e. The van der Waals surface area contributed by atoms with Crippen molar-refractivity contribution in [3.63, 3.8) is 0 Å². The molecule has 0 N–H and O–H groups in total. The number of nitrogens with zero attached hydrogens (tertiary/aromatic N) is 3. The van der Waals surface area contributed by atoms with Crippen LogP contribution in [0.3, 0.4) is 0 Å². The first-order chi connectivity index (χ1) is 14.5. The average molecular weight is 433 g/mol. The van der Waals surface area contributed by atoms with Crippen LogP contribution in [0.2, 0.25) is 0 Å². The number of benzene rings is 2. The second kappa shape index (κ2) is 7.78. The van der Waals surface area contributed by atoms with Crippen molar-refractivity contribution in [3.05, 3.63) is 77.4 Å². The molecule has 0 saturated heterocycles. The Morgan fingerprint density at radius 2 is 1.68 bits per heavy atom. The molecular weight excluding hydrogens is 409 g/mol. The van der Waals surface area contributed by atoms with Crippen LogP contribution < -0.4 is 4.57 Å². The van der Waals surface area contributed by atoms with Crippen molar-refractivity contribution in [3.8, 4) is 5.69 Å². The van der Waals surface area contributed by atoms with E-state index >= 15 is 0 Å². The van der Waals surface area contributed by atoms with Gasteiger partial charge >= 0.3 is 13.1 Å². The largest absolute Gasteiger partial charge is 0.673 e. The van der Waals surface area contributed by atoms with Crippen LogP contribution >= 0.6 is 0 Å². The Balaban J connectivity index is 0.000000418. The molecule has 2 heterocycles. The quantitative estimate of drug-likeness (QED) is 0.314. The van der Waals surface area contributed by atoms with E-state index in [4.69, 9.17) is 9.84 Å². The van der Waals surface area contributed by atoms with Gasteiger partial charge in [-0.3, -0.25) is 0 Å². The number of hydrogen-bond donors (Lipinski definition) is 0. The SMILES string of the molecule is CC(C)(C)c1ccc(-n2c[n+]3c(n2)CO[C@H]2Cc4ccccc4[C@H]23)cc1.F[B-](F)(F)F. The molecular formula is C22H24BF4N3O. The summed E-state index contributed by atoms with van der Waals surface area (Å²) in [4.78, 5) is 0. The fraction of sp³-hybridized carbons (Fsp3) is 0.364. The van der Waals surface area contributed by atoms with Gasteiger partial charge in [0, 0.05) is 11.5 Å². The highest BCUT2D eigenvalue weighted by Crippen LogP contribution is 2.35. The van der Waals surface area contributed by atoms with Crippen LogP contribution in [-0.4, -0.2) is 23.1 Å². The van der Waals surface area contributed by atoms with E-state index in [-0.39, 0.29) is 17.6 Å². The predicted octanol–water partition coefficient (Wildman–Crippen LogP) is 4.80. The molecule has 2 aliphatic rings. The second-order valence-electron chi connectivity index (χ2n) is 8.87. The smallest absolute Gasteiger partial charge is 0.418 e. The summed E-state index contributed by atoms with van der Waals surface area (Å²) in [5.74, 6) is 0.989. The Morgan fingerprint density at radius 1 is 1.03 bits per heavy atom. The first-order valence-electron chi connectivity index (χ1n) is 10.2. The third-order valence-electron chi connectivity index (χ3n) is 5.63. The summed E-state index contributed by atoms with van der Waals surface area (Å²) in [6, 6.07) is 17.6. The molecule has 2 aromatic carbocycles. The lowest BCUT2D eigenvalue weighted by Gasteiger charge is -2.23. The Labute approximate surface area is 178 Å². The van der Waals surface area contributed by atoms with Gasteiger partial charge in [0.25, 0.3) is 0 Å². The first kappa shape index (κ1) is 21.6. The highest BCUT2D eigenvalue weighted by Gasteiger charge is 2.43. The lowest BCUT2D eigenvalue weighted by molar-refractivity contribution is -0.739. The van der Waals surface area contributed by atoms with Crippen LogP contribution in [-0.2, 0) is 23.2 Å². The van der Waals surface area contributed by atoms with Crippen molar-refractivity contribution >= 4 is 7.25 Å². The Kier molecular flexibility index (Phi) is 5.41. The fourth-order valence-corrected chi connectivity index (χ4v) is 4.16. The van der Waals surface area contributed by atoms with Gasteiger partial charge in [0.05, 0.1) is 0 Å². The van der Waals surface area contributed by atoms with Gasteiger partial charge in [0.1, 0.15) is 24.4 Å². The average Bonchev–Trinajstić information content (AvgIpc) is 3.27. The molecule has 9 heteroatoms. The molecule has 1 aliphatic heterocycles. The summed E-state index contributed by atoms with van der Waals surface area (Å²) in [7, 11) is -6.00. The maximum absolute atomic E-state index is 9.75. The van der Waals surface area contributed by atoms with E-state index in [0.717, 1.165) is 17.9 Å². The predicted molar refractivity (Wildman–Crippen MR) is 110 cm³/mol. The highest BCUT2D eigenvalue weighted by atomic mass is 19.5. The molecule has 0 saturated carbocycles. The molecule has 5 rings (SSSR count). The molecule has 2 atom stereocenters. The summed E-state index contributed by atoms with van der Waals surface area (Å²) in [6.45, 7) is 7.28. The number of ether oxygens (including phenoxy) is 1. The molecule has 3 aromatic rings. The third-order valence-corrected chi connectivity index (χ3v) is 5.63. The number of rotatable bonds is 1. The van der Waals surface area contributed by atoms with Crippen molar-refractivity contribution in [2.45, 2.75) is 51.4 Å². The maximum atomic E-state index is 9.75. The molecule has 164 valence electrons. The summed E-state index contributed by atoms with van der Waals surface area (Å²) in [6.07, 6.45) is 3.33. The monoisotopic (exact) mass is 433 g/mol. The van der Waals surface area contributed by atoms with Crippen LogP contribution in [0.25, 0.3) is 5.69 Å². The number of hydrogen-bond acceptors (Lipinski definition) is 2. The molecule has 0 radical (unpaired) electrons. The van der Waals surface area contributed by atoms with Gasteiger partial charge < -0.3 is 22.0 Å². The molecule has 1 aliphatic carbocycles. The minimum absolute atomic E-state index is 0.158. The van der Waals surface area contributed by atoms with E-state index in [1.54, 1.807) is 0 Å². The van der Waals surface area contributed by atoms with Crippen molar-refractivity contribution in [1.82, 2.24) is 9.78 Å². The fourth-order valence-electron chi connectivity index (χ4n) is 4.16. The number of halogens is 4. The van der Waals surface area contributed by atoms with Gasteiger partial charge in [-0.2, -0.15) is 0 Å². The summed E-state index contributed by atoms with van der Waals surface area (Å²) >= 11 is 0. The van der Waals surface area contributed by atoms with E-state index in [1.165, 1.54) is 16.7 Å². The standard InChI is InChI=1S/C22H24N3O.BF4/c1-22(2,3)16-8-10-17(11-9-16)25-14-24-20(23-25)13-26-19-12-15-6-4-5-7-18(15)21(19)24;2-1(3,4)5/h4-11,14,19,21H,12-13H2,1-3H3;/q+1;-1/t19-,21+;/m0./s1. The Hall–Kier alpha value is -2.68. The van der Waals surface area contributed by atoms with Crippen molar-refractivity contribution in [2.75, 3.05) is 0 Å². The molecule has 0 bridgehead atoms. The molecule has 0 fully saturated rings. The van der Waals surface area contributed by atoms with Crippen LogP contribution in [0, 0.1) is 0 Å². The van der Waals surface area contributed by atoms with Gasteiger partial charge in [-0.25, -0.2) is 4.57 Å². The van der Waals surface area contributed by atoms with E-state index in [1.807, 2.05) is 4.68 Å². The van der Waals surface area contributed by atoms with E-state index in [0.29, 0.717) is 6.61 Å². The lowest BCUT2D eigenvalue weighted by atomic mass is 9.87. The van der Waals surface area contributed by atoms with Crippen molar-refractivity contribution in [1.29, 1.82) is 0 Å². The van der Waals surface area contributed by atoms with Gasteiger partial charge in [-0.05, 0) is 34.2 Å². The highest BCUT2D eigenvalue weighted by molar-refractivity contribution is 6.50. The van der Waals surface area contributed by atoms with Crippen LogP contribution in [0.4, 0.5) is 17.3 Å². The number of aromatic nitrogens is 3. The molecule has 0 amide bonds. The molecule has 31 heavy (non-hydrogen) atoms. The van der Waals surface area contributed by atoms with Crippen molar-refractivity contribution in [2.24, 2.45) is 0 Å². The minimum atomic E-state index is -6.00. The molecule has 4 nitrogen and oxygen atoms in total. The third kappa shape index (κ3) is 4.66. The molecule has 0 unspecified atom stereocenters. The zero-order valence-electron chi connectivity index (χ0n) is 17.6. The topological polar surface area (TPSA) is 30.9 Å². The Bertz CT molecular complexity index is 1070. The first-order valence-corrected chi connectivity index (χ1v) is 10.2. The van der Waals surface area contributed by atoms with Crippen molar-refractivity contribution < 1.29 is 26.6 Å². The van der Waals surface area contributed by atoms with E-state index in [2.05, 4.69) is 80.2 Å². The zero-order chi connectivity index (χ0) is 22.4. The van der Waals surface area contributed by atoms with Gasteiger partial charge in [0.15, 0.2) is 0 Å². The molecule has 1 aromatic heterocycles. The zero-order valence-corrected chi connectivity index (χ0v) is 17.6. The van der Waals surface area contributed by atoms with Gasteiger partial charge in [0.2, 0.25) is 6.33 Å². The van der Waals surface area contributed by atoms with Crippen LogP contribution in [0.1, 0.15) is 49.3 Å². The number of fused-ring (bicyclic) bond motifs is 5. The minimum Gasteiger partial charge on any atom is -0.418 e. The Morgan fingerprint density at radius 3 is 2.32 bits per heavy atom. The summed E-state index contributed by atoms with van der Waals surface area (Å²) in [5.41, 5.74) is 5.34. The van der Waals surface area contributed by atoms with E-state index < -0.39 is 7.25 Å². The van der Waals surface area contributed by atoms with Crippen LogP contribution in [0.15, 0.2) is 54.9 Å². The normalized spacial score (nSPS) is 19.7. The lowest BCUT2D eigenvalue weighted by Crippen LogP contribution is -2.51. The molecule has 0 spiro atoms. The summed E-state index contributed by atoms with van der Waals surface area (Å²) < 4.78 is 49.4. The second-order valence-corrected chi connectivity index (χ2v) is 8.87. The van der Waals surface area contributed by atoms with E-state index in [9.17, 15) is 17.3 Å². The summed E-state index contributed by atoms with van der Waals surface area (Å²) in [5, 5.41) is 4.80.